The highest BCUT2D eigenvalue weighted by Crippen LogP contribution is 2.52. The van der Waals surface area contributed by atoms with Gasteiger partial charge in [0.2, 0.25) is 5.13 Å². The first-order chi connectivity index (χ1) is 15.5. The maximum Gasteiger partial charge on any atom is 0.219 e. The smallest absolute Gasteiger partial charge is 0.219 e. The molecular formula is C24H29N5OS3. The van der Waals surface area contributed by atoms with Crippen molar-refractivity contribution in [3.63, 3.8) is 0 Å². The number of nitrogens with zero attached hydrogens (tertiary/aromatic N) is 4. The standard InChI is InChI=1S/C24H29N5OS3/c1-7-31-22-28-27-21(33-22)29-14-10-24(5,6)11-15(30)19(14)18(13(12-25)20(29)26)16-8-9-17(32-16)23(2,3)4/h8-9,18H,7,10-11,26H2,1-6H3. The molecule has 6 nitrogen and oxygen atoms in total. The van der Waals surface area contributed by atoms with E-state index in [0.717, 1.165) is 20.7 Å². The first-order valence-corrected chi connectivity index (χ1v) is 13.6. The van der Waals surface area contributed by atoms with Gasteiger partial charge in [0.05, 0.1) is 17.6 Å². The van der Waals surface area contributed by atoms with Gasteiger partial charge in [0.15, 0.2) is 10.1 Å². The zero-order valence-electron chi connectivity index (χ0n) is 19.9. The molecule has 0 bridgehead atoms. The van der Waals surface area contributed by atoms with E-state index in [1.165, 1.54) is 16.2 Å². The normalized spacial score (nSPS) is 20.8. The topological polar surface area (TPSA) is 95.9 Å². The number of aromatic nitrogens is 2. The predicted molar refractivity (Wildman–Crippen MR) is 136 cm³/mol. The molecule has 33 heavy (non-hydrogen) atoms. The number of anilines is 1. The maximum atomic E-state index is 13.6. The van der Waals surface area contributed by atoms with E-state index >= 15 is 0 Å². The Morgan fingerprint density at radius 2 is 2.00 bits per heavy atom. The van der Waals surface area contributed by atoms with Gasteiger partial charge in [0.1, 0.15) is 5.82 Å². The Labute approximate surface area is 207 Å². The number of hydrogen-bond acceptors (Lipinski definition) is 9. The van der Waals surface area contributed by atoms with Crippen LogP contribution in [0.15, 0.2) is 39.1 Å². The molecule has 0 radical (unpaired) electrons. The van der Waals surface area contributed by atoms with E-state index in [1.54, 1.807) is 23.1 Å². The van der Waals surface area contributed by atoms with Crippen molar-refractivity contribution < 1.29 is 4.79 Å². The zero-order chi connectivity index (χ0) is 24.1. The molecule has 2 aromatic rings. The number of carbonyl (C=O) groups is 1. The molecular weight excluding hydrogens is 470 g/mol. The number of thioether (sulfide) groups is 1. The Morgan fingerprint density at radius 3 is 2.61 bits per heavy atom. The largest absolute Gasteiger partial charge is 0.384 e. The number of hydrogen-bond donors (Lipinski definition) is 1. The fourth-order valence-electron chi connectivity index (χ4n) is 4.40. The summed E-state index contributed by atoms with van der Waals surface area (Å²) in [7, 11) is 0. The van der Waals surface area contributed by atoms with Gasteiger partial charge in [-0.05, 0) is 35.1 Å². The van der Waals surface area contributed by atoms with Crippen LogP contribution in [0.3, 0.4) is 0 Å². The number of carbonyl (C=O) groups excluding carboxylic acids is 1. The summed E-state index contributed by atoms with van der Waals surface area (Å²) >= 11 is 4.72. The highest BCUT2D eigenvalue weighted by Gasteiger charge is 2.46. The number of nitrogens with two attached hydrogens (primary N) is 1. The van der Waals surface area contributed by atoms with Crippen molar-refractivity contribution in [3.8, 4) is 6.07 Å². The summed E-state index contributed by atoms with van der Waals surface area (Å²) in [5, 5.41) is 19.5. The first-order valence-electron chi connectivity index (χ1n) is 11.0. The van der Waals surface area contributed by atoms with Crippen LogP contribution in [0.2, 0.25) is 0 Å². The van der Waals surface area contributed by atoms with Crippen LogP contribution < -0.4 is 10.6 Å². The van der Waals surface area contributed by atoms with E-state index in [0.29, 0.717) is 34.9 Å². The molecule has 1 unspecified atom stereocenters. The third-order valence-corrected chi connectivity index (χ3v) is 9.39. The van der Waals surface area contributed by atoms with Crippen LogP contribution in [0.5, 0.6) is 0 Å². The van der Waals surface area contributed by atoms with Crippen LogP contribution in [-0.2, 0) is 10.2 Å². The van der Waals surface area contributed by atoms with Crippen molar-refractivity contribution in [1.29, 1.82) is 5.26 Å². The number of Topliss-reactive ketones (excluding diaryl/α,β-unsaturated/α-hetero) is 1. The van der Waals surface area contributed by atoms with Crippen LogP contribution >= 0.6 is 34.4 Å². The lowest BCUT2D eigenvalue weighted by Crippen LogP contribution is -2.42. The van der Waals surface area contributed by atoms with Crippen LogP contribution in [0.1, 0.15) is 70.1 Å². The molecule has 2 aliphatic rings. The van der Waals surface area contributed by atoms with Gasteiger partial charge in [-0.3, -0.25) is 9.69 Å². The molecule has 2 aromatic heterocycles. The Morgan fingerprint density at radius 1 is 1.27 bits per heavy atom. The van der Waals surface area contributed by atoms with Crippen molar-refractivity contribution in [2.75, 3.05) is 10.7 Å². The summed E-state index contributed by atoms with van der Waals surface area (Å²) in [4.78, 5) is 17.6. The number of nitriles is 1. The minimum absolute atomic E-state index is 0.0125. The van der Waals surface area contributed by atoms with E-state index < -0.39 is 5.92 Å². The molecule has 3 heterocycles. The SMILES string of the molecule is CCSc1nnc(N2C(N)=C(C#N)C(c3ccc(C(C)(C)C)s3)C3=C2CC(C)(C)CC3=O)s1. The van der Waals surface area contributed by atoms with Gasteiger partial charge in [-0.2, -0.15) is 5.26 Å². The molecule has 0 saturated carbocycles. The van der Waals surface area contributed by atoms with E-state index in [1.807, 2.05) is 4.90 Å². The van der Waals surface area contributed by atoms with Crippen molar-refractivity contribution in [1.82, 2.24) is 10.2 Å². The third kappa shape index (κ3) is 4.36. The quantitative estimate of drug-likeness (QED) is 0.519. The van der Waals surface area contributed by atoms with Gasteiger partial charge >= 0.3 is 0 Å². The number of thiophene rings is 1. The van der Waals surface area contributed by atoms with Gasteiger partial charge in [0.25, 0.3) is 0 Å². The molecule has 174 valence electrons. The summed E-state index contributed by atoms with van der Waals surface area (Å²) in [5.41, 5.74) is 8.41. The zero-order valence-corrected chi connectivity index (χ0v) is 22.3. The molecule has 0 fully saturated rings. The van der Waals surface area contributed by atoms with Crippen molar-refractivity contribution in [3.05, 3.63) is 44.6 Å². The molecule has 9 heteroatoms. The highest BCUT2D eigenvalue weighted by atomic mass is 32.2. The Bertz CT molecular complexity index is 1210. The molecule has 0 aromatic carbocycles. The van der Waals surface area contributed by atoms with Gasteiger partial charge in [-0.1, -0.05) is 64.6 Å². The van der Waals surface area contributed by atoms with Crippen molar-refractivity contribution in [2.24, 2.45) is 11.1 Å². The fraction of sp³-hybridized carbons (Fsp3) is 0.500. The monoisotopic (exact) mass is 499 g/mol. The summed E-state index contributed by atoms with van der Waals surface area (Å²) in [6.45, 7) is 12.8. The lowest BCUT2D eigenvalue weighted by molar-refractivity contribution is -0.118. The number of allylic oxidation sites excluding steroid dienone is 3. The molecule has 2 N–H and O–H groups in total. The third-order valence-electron chi connectivity index (χ3n) is 5.89. The van der Waals surface area contributed by atoms with Crippen molar-refractivity contribution in [2.45, 2.75) is 70.1 Å². The van der Waals surface area contributed by atoms with E-state index in [4.69, 9.17) is 5.73 Å². The molecule has 0 amide bonds. The van der Waals surface area contributed by atoms with Gasteiger partial charge in [0, 0.05) is 27.4 Å². The summed E-state index contributed by atoms with van der Waals surface area (Å²) < 4.78 is 0.845. The van der Waals surface area contributed by atoms with Crippen molar-refractivity contribution >= 4 is 45.4 Å². The second kappa shape index (κ2) is 8.57. The summed E-state index contributed by atoms with van der Waals surface area (Å²) in [5.74, 6) is 0.874. The lowest BCUT2D eigenvalue weighted by Gasteiger charge is -2.42. The van der Waals surface area contributed by atoms with E-state index in [-0.39, 0.29) is 16.6 Å². The molecule has 4 rings (SSSR count). The van der Waals surface area contributed by atoms with Gasteiger partial charge < -0.3 is 5.73 Å². The first kappa shape index (κ1) is 24.0. The minimum atomic E-state index is -0.441. The second-order valence-electron chi connectivity index (χ2n) is 10.2. The minimum Gasteiger partial charge on any atom is -0.384 e. The highest BCUT2D eigenvalue weighted by molar-refractivity contribution is 8.01. The van der Waals surface area contributed by atoms with Crippen LogP contribution in [0.25, 0.3) is 0 Å². The number of rotatable bonds is 4. The van der Waals surface area contributed by atoms with Crippen LogP contribution in [0.4, 0.5) is 5.13 Å². The number of ketones is 1. The lowest BCUT2D eigenvalue weighted by atomic mass is 9.70. The van der Waals surface area contributed by atoms with Crippen LogP contribution in [0, 0.1) is 16.7 Å². The predicted octanol–water partition coefficient (Wildman–Crippen LogP) is 5.95. The maximum absolute atomic E-state index is 13.6. The summed E-state index contributed by atoms with van der Waals surface area (Å²) in [6, 6.07) is 6.50. The van der Waals surface area contributed by atoms with E-state index in [2.05, 4.69) is 69.9 Å². The molecule has 1 atom stereocenters. The average Bonchev–Trinajstić information content (AvgIpc) is 3.36. The van der Waals surface area contributed by atoms with E-state index in [9.17, 15) is 10.1 Å². The molecule has 1 aliphatic carbocycles. The average molecular weight is 500 g/mol. The molecule has 0 spiro atoms. The Balaban J connectivity index is 1.93. The molecule has 0 saturated heterocycles. The van der Waals surface area contributed by atoms with Crippen LogP contribution in [-0.4, -0.2) is 21.7 Å². The van der Waals surface area contributed by atoms with Gasteiger partial charge in [-0.15, -0.1) is 21.5 Å². The molecule has 1 aliphatic heterocycles. The van der Waals surface area contributed by atoms with Gasteiger partial charge in [-0.25, -0.2) is 0 Å². The Hall–Kier alpha value is -2.15. The fourth-order valence-corrected chi connectivity index (χ4v) is 7.36. The Kier molecular flexibility index (Phi) is 6.23. The summed E-state index contributed by atoms with van der Waals surface area (Å²) in [6.07, 6.45) is 1.12. The second-order valence-corrected chi connectivity index (χ2v) is 13.8.